The van der Waals surface area contributed by atoms with E-state index >= 15 is 0 Å². The van der Waals surface area contributed by atoms with Gasteiger partial charge in [-0.2, -0.15) is 8.42 Å². The first-order chi connectivity index (χ1) is 11.5. The molecule has 1 aliphatic rings. The Morgan fingerprint density at radius 3 is 2.32 bits per heavy atom. The van der Waals surface area contributed by atoms with Crippen LogP contribution in [-0.2, 0) is 20.6 Å². The van der Waals surface area contributed by atoms with Gasteiger partial charge >= 0.3 is 16.4 Å². The fourth-order valence-electron chi connectivity index (χ4n) is 3.36. The van der Waals surface area contributed by atoms with Crippen LogP contribution in [0.1, 0.15) is 31.7 Å². The third-order valence-corrected chi connectivity index (χ3v) is 4.39. The number of carboxylic acid groups (broad SMARTS) is 1. The Hall–Kier alpha value is -1.90. The van der Waals surface area contributed by atoms with Crippen LogP contribution in [0.15, 0.2) is 36.4 Å². The lowest BCUT2D eigenvalue weighted by Crippen LogP contribution is -2.44. The summed E-state index contributed by atoms with van der Waals surface area (Å²) >= 11 is 0. The quantitative estimate of drug-likeness (QED) is 0.550. The van der Waals surface area contributed by atoms with Crippen LogP contribution in [0.3, 0.4) is 0 Å². The van der Waals surface area contributed by atoms with Crippen molar-refractivity contribution < 1.29 is 27.4 Å². The summed E-state index contributed by atoms with van der Waals surface area (Å²) in [4.78, 5) is 14.2. The molecule has 1 aromatic carbocycles. The smallest absolute Gasteiger partial charge is 0.394 e. The maximum Gasteiger partial charge on any atom is 0.394 e. The van der Waals surface area contributed by atoms with Crippen LogP contribution >= 0.6 is 0 Å². The van der Waals surface area contributed by atoms with Gasteiger partial charge in [0.1, 0.15) is 5.41 Å². The zero-order valence-corrected chi connectivity index (χ0v) is 15.4. The van der Waals surface area contributed by atoms with Gasteiger partial charge in [0.2, 0.25) is 0 Å². The predicted octanol–water partition coefficient (Wildman–Crippen LogP) is 2.80. The molecule has 0 fully saturated rings. The molecule has 0 radical (unpaired) electrons. The molecule has 3 N–H and O–H groups in total. The number of nitrogens with zero attached hydrogens (tertiary/aromatic N) is 1. The van der Waals surface area contributed by atoms with Gasteiger partial charge in [0, 0.05) is 19.8 Å². The number of carbonyl (C=O) groups is 1. The minimum Gasteiger partial charge on any atom is -0.481 e. The summed E-state index contributed by atoms with van der Waals surface area (Å²) in [7, 11) is -0.734. The number of benzene rings is 1. The summed E-state index contributed by atoms with van der Waals surface area (Å²) in [6.07, 6.45) is 6.54. The van der Waals surface area contributed by atoms with Crippen molar-refractivity contribution in [2.45, 2.75) is 31.6 Å². The molecule has 0 saturated heterocycles. The second kappa shape index (κ2) is 8.46. The molecule has 0 heterocycles. The Balaban J connectivity index is 0.000000550. The minimum atomic E-state index is -4.67. The van der Waals surface area contributed by atoms with Crippen molar-refractivity contribution in [3.05, 3.63) is 42.0 Å². The first kappa shape index (κ1) is 21.1. The normalized spacial score (nSPS) is 22.7. The van der Waals surface area contributed by atoms with Crippen LogP contribution in [0.5, 0.6) is 0 Å². The van der Waals surface area contributed by atoms with E-state index in [9.17, 15) is 9.90 Å². The monoisotopic (exact) mass is 371 g/mol. The predicted molar refractivity (Wildman–Crippen MR) is 96.4 cm³/mol. The van der Waals surface area contributed by atoms with Gasteiger partial charge < -0.3 is 10.0 Å². The molecule has 0 bridgehead atoms. The van der Waals surface area contributed by atoms with Gasteiger partial charge in [0.15, 0.2) is 0 Å². The second-order valence-electron chi connectivity index (χ2n) is 6.12. The van der Waals surface area contributed by atoms with Crippen LogP contribution in [0.4, 0.5) is 5.69 Å². The molecule has 0 aliphatic heterocycles. The summed E-state index contributed by atoms with van der Waals surface area (Å²) in [5.74, 6) is -0.655. The molecule has 7 nitrogen and oxygen atoms in total. The molecule has 0 spiro atoms. The Kier molecular flexibility index (Phi) is 7.16. The molecule has 0 aromatic heterocycles. The molecular weight excluding hydrogens is 346 g/mol. The van der Waals surface area contributed by atoms with E-state index < -0.39 is 21.8 Å². The first-order valence-electron chi connectivity index (χ1n) is 7.90. The highest BCUT2D eigenvalue weighted by molar-refractivity contribution is 7.79. The zero-order chi connectivity index (χ0) is 19.3. The zero-order valence-electron chi connectivity index (χ0n) is 14.6. The lowest BCUT2D eigenvalue weighted by molar-refractivity contribution is -0.146. The van der Waals surface area contributed by atoms with Crippen molar-refractivity contribution in [3.8, 4) is 0 Å². The van der Waals surface area contributed by atoms with Crippen molar-refractivity contribution in [2.75, 3.05) is 19.0 Å². The van der Waals surface area contributed by atoms with Gasteiger partial charge in [-0.1, -0.05) is 37.3 Å². The van der Waals surface area contributed by atoms with Gasteiger partial charge in [-0.25, -0.2) is 0 Å². The van der Waals surface area contributed by atoms with Crippen molar-refractivity contribution in [1.82, 2.24) is 0 Å². The maximum absolute atomic E-state index is 12.2. The Morgan fingerprint density at radius 2 is 1.84 bits per heavy atom. The molecule has 2 atom stereocenters. The molecule has 1 aromatic rings. The number of rotatable bonds is 4. The molecule has 8 heteroatoms. The van der Waals surface area contributed by atoms with Gasteiger partial charge in [-0.3, -0.25) is 13.9 Å². The fraction of sp³-hybridized carbons (Fsp3) is 0.471. The molecule has 0 saturated carbocycles. The molecule has 140 valence electrons. The van der Waals surface area contributed by atoms with E-state index in [-0.39, 0.29) is 5.92 Å². The molecule has 1 aliphatic carbocycles. The van der Waals surface area contributed by atoms with Crippen LogP contribution in [0.25, 0.3) is 0 Å². The third kappa shape index (κ3) is 5.29. The number of para-hydroxylation sites is 1. The highest BCUT2D eigenvalue weighted by Gasteiger charge is 2.47. The molecule has 2 rings (SSSR count). The third-order valence-electron chi connectivity index (χ3n) is 4.39. The van der Waals surface area contributed by atoms with E-state index in [1.807, 2.05) is 43.3 Å². The average Bonchev–Trinajstić information content (AvgIpc) is 2.52. The van der Waals surface area contributed by atoms with Crippen LogP contribution in [0.2, 0.25) is 0 Å². The molecular formula is C17H25NO6S. The van der Waals surface area contributed by atoms with Gasteiger partial charge in [0.05, 0.1) is 0 Å². The number of hydrogen-bond acceptors (Lipinski definition) is 4. The van der Waals surface area contributed by atoms with E-state index in [0.29, 0.717) is 6.42 Å². The first-order valence-corrected chi connectivity index (χ1v) is 9.30. The van der Waals surface area contributed by atoms with E-state index in [1.165, 1.54) is 0 Å². The SMILES string of the molecule is CC[C@@H]1C=CCC[C@]1(C(=O)O)c1ccccc1N(C)C.O=S(=O)(O)O. The van der Waals surface area contributed by atoms with E-state index in [4.69, 9.17) is 17.5 Å². The van der Waals surface area contributed by atoms with Crippen molar-refractivity contribution in [1.29, 1.82) is 0 Å². The minimum absolute atomic E-state index is 0.0508. The Bertz CT molecular complexity index is 720. The maximum atomic E-state index is 12.2. The standard InChI is InChI=1S/C17H23NO2.H2O4S/c1-4-13-9-7-8-12-17(13,16(19)20)14-10-5-6-11-15(14)18(2)3;1-5(2,3)4/h5-7,9-11,13H,4,8,12H2,1-3H3,(H,19,20);(H2,1,2,3,4)/t13-,17-;/m1./s1. The van der Waals surface area contributed by atoms with E-state index in [1.54, 1.807) is 0 Å². The fourth-order valence-corrected chi connectivity index (χ4v) is 3.36. The van der Waals surface area contributed by atoms with Crippen molar-refractivity contribution >= 4 is 22.1 Å². The summed E-state index contributed by atoms with van der Waals surface area (Å²) < 4.78 is 31.6. The molecule has 0 unspecified atom stereocenters. The summed E-state index contributed by atoms with van der Waals surface area (Å²) in [6, 6.07) is 7.89. The van der Waals surface area contributed by atoms with Crippen LogP contribution in [0, 0.1) is 5.92 Å². The van der Waals surface area contributed by atoms with Gasteiger partial charge in [-0.15, -0.1) is 0 Å². The summed E-state index contributed by atoms with van der Waals surface area (Å²) in [5.41, 5.74) is 1.14. The van der Waals surface area contributed by atoms with Crippen molar-refractivity contribution in [3.63, 3.8) is 0 Å². The van der Waals surface area contributed by atoms with Gasteiger partial charge in [0.25, 0.3) is 0 Å². The Morgan fingerprint density at radius 1 is 1.28 bits per heavy atom. The van der Waals surface area contributed by atoms with E-state index in [0.717, 1.165) is 24.1 Å². The highest BCUT2D eigenvalue weighted by atomic mass is 32.3. The summed E-state index contributed by atoms with van der Waals surface area (Å²) in [5, 5.41) is 10.00. The molecule has 0 amide bonds. The number of aliphatic carboxylic acids is 1. The van der Waals surface area contributed by atoms with Crippen LogP contribution in [-0.4, -0.2) is 42.7 Å². The van der Waals surface area contributed by atoms with Crippen molar-refractivity contribution in [2.24, 2.45) is 5.92 Å². The topological polar surface area (TPSA) is 115 Å². The lowest BCUT2D eigenvalue weighted by Gasteiger charge is -2.40. The van der Waals surface area contributed by atoms with Gasteiger partial charge in [-0.05, 0) is 36.8 Å². The van der Waals surface area contributed by atoms with E-state index in [2.05, 4.69) is 19.1 Å². The number of anilines is 1. The highest BCUT2D eigenvalue weighted by Crippen LogP contribution is 2.46. The number of allylic oxidation sites excluding steroid dienone is 2. The lowest BCUT2D eigenvalue weighted by atomic mass is 9.63. The second-order valence-corrected chi connectivity index (χ2v) is 7.01. The number of hydrogen-bond donors (Lipinski definition) is 3. The number of carboxylic acids is 1. The molecule has 25 heavy (non-hydrogen) atoms. The Labute approximate surface area is 148 Å². The average molecular weight is 371 g/mol. The van der Waals surface area contributed by atoms with Crippen LogP contribution < -0.4 is 4.90 Å². The summed E-state index contributed by atoms with van der Waals surface area (Å²) in [6.45, 7) is 2.07. The largest absolute Gasteiger partial charge is 0.481 e.